The summed E-state index contributed by atoms with van der Waals surface area (Å²) in [5, 5.41) is 4.64. The molecule has 3 heterocycles. The molecule has 0 amide bonds. The Morgan fingerprint density at radius 3 is 2.95 bits per heavy atom. The summed E-state index contributed by atoms with van der Waals surface area (Å²) in [6.07, 6.45) is -0.134. The summed E-state index contributed by atoms with van der Waals surface area (Å²) in [5.74, 6) is -0.314. The highest BCUT2D eigenvalue weighted by Gasteiger charge is 2.33. The predicted molar refractivity (Wildman–Crippen MR) is 82.3 cm³/mol. The molecule has 112 valence electrons. The number of aromatic nitrogens is 2. The lowest BCUT2D eigenvalue weighted by molar-refractivity contribution is 0.0190. The summed E-state index contributed by atoms with van der Waals surface area (Å²) >= 11 is 1.65. The topological polar surface area (TPSA) is 68.5 Å². The number of nitrogens with zero attached hydrogens (tertiary/aromatic N) is 3. The van der Waals surface area contributed by atoms with Crippen LogP contribution in [-0.4, -0.2) is 35.3 Å². The van der Waals surface area contributed by atoms with Crippen molar-refractivity contribution in [2.24, 2.45) is 0 Å². The summed E-state index contributed by atoms with van der Waals surface area (Å²) in [5.41, 5.74) is 1.66. The summed E-state index contributed by atoms with van der Waals surface area (Å²) in [6, 6.07) is 9.61. The van der Waals surface area contributed by atoms with Crippen LogP contribution >= 0.6 is 11.3 Å². The maximum atomic E-state index is 11.9. The molecule has 0 bridgehead atoms. The van der Waals surface area contributed by atoms with Gasteiger partial charge in [0.2, 0.25) is 5.76 Å². The monoisotopic (exact) mass is 315 g/mol. The van der Waals surface area contributed by atoms with E-state index in [2.05, 4.69) is 21.1 Å². The number of esters is 1. The van der Waals surface area contributed by atoms with Crippen LogP contribution in [0.1, 0.15) is 16.2 Å². The van der Waals surface area contributed by atoms with Crippen molar-refractivity contribution in [1.29, 1.82) is 0 Å². The number of rotatable bonds is 3. The third kappa shape index (κ3) is 2.33. The number of ether oxygens (including phenoxy) is 1. The van der Waals surface area contributed by atoms with Crippen LogP contribution in [0.5, 0.6) is 0 Å². The van der Waals surface area contributed by atoms with Crippen molar-refractivity contribution in [1.82, 2.24) is 10.1 Å². The minimum Gasteiger partial charge on any atom is -0.453 e. The SMILES string of the molecule is Cc1cc(C(=O)OC2CN(c3nc4ccccc4s3)C2)on1. The van der Waals surface area contributed by atoms with Crippen LogP contribution in [0.25, 0.3) is 10.2 Å². The van der Waals surface area contributed by atoms with E-state index in [1.807, 2.05) is 18.2 Å². The predicted octanol–water partition coefficient (Wildman–Crippen LogP) is 2.64. The number of carbonyl (C=O) groups excluding carboxylic acids is 1. The molecule has 0 spiro atoms. The number of fused-ring (bicyclic) bond motifs is 1. The second-order valence-corrected chi connectivity index (χ2v) is 6.24. The molecule has 0 N–H and O–H groups in total. The van der Waals surface area contributed by atoms with E-state index >= 15 is 0 Å². The van der Waals surface area contributed by atoms with Gasteiger partial charge in [-0.1, -0.05) is 28.6 Å². The maximum Gasteiger partial charge on any atom is 0.377 e. The number of anilines is 1. The average molecular weight is 315 g/mol. The quantitative estimate of drug-likeness (QED) is 0.692. The number of hydrogen-bond acceptors (Lipinski definition) is 7. The zero-order valence-electron chi connectivity index (χ0n) is 11.9. The van der Waals surface area contributed by atoms with Crippen molar-refractivity contribution >= 4 is 32.7 Å². The summed E-state index contributed by atoms with van der Waals surface area (Å²) < 4.78 is 11.4. The van der Waals surface area contributed by atoms with Crippen LogP contribution in [0.2, 0.25) is 0 Å². The van der Waals surface area contributed by atoms with Crippen molar-refractivity contribution in [2.75, 3.05) is 18.0 Å². The molecule has 1 fully saturated rings. The van der Waals surface area contributed by atoms with Crippen LogP contribution in [0.15, 0.2) is 34.9 Å². The molecular formula is C15H13N3O3S. The van der Waals surface area contributed by atoms with E-state index in [0.717, 1.165) is 15.3 Å². The fraction of sp³-hybridized carbons (Fsp3) is 0.267. The van der Waals surface area contributed by atoms with Crippen LogP contribution in [0.4, 0.5) is 5.13 Å². The van der Waals surface area contributed by atoms with Crippen LogP contribution in [-0.2, 0) is 4.74 Å². The van der Waals surface area contributed by atoms with Gasteiger partial charge in [0.05, 0.1) is 29.0 Å². The first kappa shape index (κ1) is 13.3. The highest BCUT2D eigenvalue weighted by Crippen LogP contribution is 2.31. The third-order valence-electron chi connectivity index (χ3n) is 3.50. The Morgan fingerprint density at radius 2 is 2.23 bits per heavy atom. The van der Waals surface area contributed by atoms with Crippen LogP contribution < -0.4 is 4.90 Å². The zero-order valence-corrected chi connectivity index (χ0v) is 12.7. The van der Waals surface area contributed by atoms with E-state index in [4.69, 9.17) is 9.26 Å². The average Bonchev–Trinajstić information content (AvgIpc) is 3.07. The standard InChI is InChI=1S/C15H13N3O3S/c1-9-6-12(21-17-9)14(19)20-10-7-18(8-10)15-16-11-4-2-3-5-13(11)22-15/h2-6,10H,7-8H2,1H3. The summed E-state index contributed by atoms with van der Waals surface area (Å²) in [7, 11) is 0. The number of benzene rings is 1. The number of aryl methyl sites for hydroxylation is 1. The van der Waals surface area contributed by atoms with Gasteiger partial charge in [0, 0.05) is 6.07 Å². The highest BCUT2D eigenvalue weighted by molar-refractivity contribution is 7.22. The number of para-hydroxylation sites is 1. The molecule has 0 unspecified atom stereocenters. The van der Waals surface area contributed by atoms with Gasteiger partial charge < -0.3 is 14.2 Å². The van der Waals surface area contributed by atoms with Gasteiger partial charge in [-0.15, -0.1) is 0 Å². The van der Waals surface area contributed by atoms with Crippen LogP contribution in [0, 0.1) is 6.92 Å². The number of carbonyl (C=O) groups is 1. The van der Waals surface area contributed by atoms with E-state index < -0.39 is 5.97 Å². The fourth-order valence-corrected chi connectivity index (χ4v) is 3.32. The molecule has 0 saturated carbocycles. The van der Waals surface area contributed by atoms with E-state index in [-0.39, 0.29) is 11.9 Å². The lowest BCUT2D eigenvalue weighted by Crippen LogP contribution is -2.53. The van der Waals surface area contributed by atoms with E-state index in [1.165, 1.54) is 0 Å². The van der Waals surface area contributed by atoms with Crippen molar-refractivity contribution in [3.63, 3.8) is 0 Å². The van der Waals surface area contributed by atoms with Gasteiger partial charge in [0.25, 0.3) is 0 Å². The summed E-state index contributed by atoms with van der Waals surface area (Å²) in [4.78, 5) is 18.5. The molecule has 2 aromatic heterocycles. The molecule has 22 heavy (non-hydrogen) atoms. The van der Waals surface area contributed by atoms with Crippen molar-refractivity contribution < 1.29 is 14.1 Å². The normalized spacial score (nSPS) is 15.0. The highest BCUT2D eigenvalue weighted by atomic mass is 32.1. The van der Waals surface area contributed by atoms with E-state index in [9.17, 15) is 4.79 Å². The molecular weight excluding hydrogens is 302 g/mol. The Hall–Kier alpha value is -2.41. The largest absolute Gasteiger partial charge is 0.453 e. The second kappa shape index (κ2) is 5.10. The van der Waals surface area contributed by atoms with Crippen molar-refractivity contribution in [3.8, 4) is 0 Å². The van der Waals surface area contributed by atoms with Gasteiger partial charge in [-0.2, -0.15) is 0 Å². The van der Waals surface area contributed by atoms with Gasteiger partial charge in [0.15, 0.2) is 5.13 Å². The fourth-order valence-electron chi connectivity index (χ4n) is 2.33. The van der Waals surface area contributed by atoms with Gasteiger partial charge in [-0.05, 0) is 19.1 Å². The van der Waals surface area contributed by atoms with Crippen LogP contribution in [0.3, 0.4) is 0 Å². The molecule has 0 atom stereocenters. The van der Waals surface area contributed by atoms with Gasteiger partial charge in [-0.25, -0.2) is 9.78 Å². The lowest BCUT2D eigenvalue weighted by atomic mass is 10.2. The first-order valence-electron chi connectivity index (χ1n) is 6.94. The van der Waals surface area contributed by atoms with Crippen molar-refractivity contribution in [3.05, 3.63) is 41.8 Å². The van der Waals surface area contributed by atoms with Crippen molar-refractivity contribution in [2.45, 2.75) is 13.0 Å². The number of thiazole rings is 1. The molecule has 6 nitrogen and oxygen atoms in total. The second-order valence-electron chi connectivity index (χ2n) is 5.23. The Labute approximate surface area is 130 Å². The summed E-state index contributed by atoms with van der Waals surface area (Å²) in [6.45, 7) is 3.07. The van der Waals surface area contributed by atoms with E-state index in [1.54, 1.807) is 24.3 Å². The van der Waals surface area contributed by atoms with Gasteiger partial charge in [-0.3, -0.25) is 0 Å². The smallest absolute Gasteiger partial charge is 0.377 e. The van der Waals surface area contributed by atoms with Gasteiger partial charge >= 0.3 is 5.97 Å². The molecule has 0 radical (unpaired) electrons. The lowest BCUT2D eigenvalue weighted by Gasteiger charge is -2.37. The molecule has 4 rings (SSSR count). The Morgan fingerprint density at radius 1 is 1.41 bits per heavy atom. The Kier molecular flexibility index (Phi) is 3.07. The number of hydrogen-bond donors (Lipinski definition) is 0. The molecule has 1 saturated heterocycles. The Balaban J connectivity index is 1.38. The van der Waals surface area contributed by atoms with Gasteiger partial charge in [0.1, 0.15) is 6.10 Å². The molecule has 1 aliphatic heterocycles. The van der Waals surface area contributed by atoms with E-state index in [0.29, 0.717) is 18.8 Å². The molecule has 1 aromatic carbocycles. The maximum absolute atomic E-state index is 11.9. The minimum absolute atomic E-state index is 0.134. The molecule has 7 heteroatoms. The molecule has 1 aliphatic rings. The Bertz CT molecular complexity index is 802. The minimum atomic E-state index is -0.463. The third-order valence-corrected chi connectivity index (χ3v) is 4.60. The molecule has 3 aromatic rings. The first-order valence-corrected chi connectivity index (χ1v) is 7.75. The molecule has 0 aliphatic carbocycles. The first-order chi connectivity index (χ1) is 10.7. The zero-order chi connectivity index (χ0) is 15.1.